The van der Waals surface area contributed by atoms with Crippen LogP contribution in [0.1, 0.15) is 48.9 Å². The van der Waals surface area contributed by atoms with E-state index in [4.69, 9.17) is 4.74 Å². The van der Waals surface area contributed by atoms with Crippen LogP contribution in [0.5, 0.6) is 0 Å². The van der Waals surface area contributed by atoms with Crippen molar-refractivity contribution < 1.29 is 9.53 Å². The predicted octanol–water partition coefficient (Wildman–Crippen LogP) is 2.44. The summed E-state index contributed by atoms with van der Waals surface area (Å²) in [5.41, 5.74) is 0.688. The number of carbonyl (C=O) groups excluding carboxylic acids is 1. The number of amides is 1. The van der Waals surface area contributed by atoms with Gasteiger partial charge in [0.25, 0.3) is 5.91 Å². The highest BCUT2D eigenvalue weighted by molar-refractivity contribution is 5.94. The van der Waals surface area contributed by atoms with Gasteiger partial charge in [-0.05, 0) is 37.8 Å². The number of carbonyl (C=O) groups is 1. The molecular weight excluding hydrogens is 278 g/mol. The van der Waals surface area contributed by atoms with E-state index in [-0.39, 0.29) is 18.1 Å². The van der Waals surface area contributed by atoms with Crippen molar-refractivity contribution in [3.63, 3.8) is 0 Å². The fourth-order valence-electron chi connectivity index (χ4n) is 3.56. The van der Waals surface area contributed by atoms with Crippen LogP contribution in [0.15, 0.2) is 18.3 Å². The molecule has 1 aromatic rings. The molecular formula is C17H23N3O2. The van der Waals surface area contributed by atoms with Crippen molar-refractivity contribution >= 4 is 11.7 Å². The minimum absolute atomic E-state index is 0.102. The van der Waals surface area contributed by atoms with Crippen molar-refractivity contribution in [3.8, 4) is 0 Å². The van der Waals surface area contributed by atoms with Crippen LogP contribution >= 0.6 is 0 Å². The molecule has 2 heterocycles. The molecule has 0 unspecified atom stereocenters. The van der Waals surface area contributed by atoms with Crippen molar-refractivity contribution in [1.29, 1.82) is 0 Å². The molecule has 5 nitrogen and oxygen atoms in total. The zero-order valence-corrected chi connectivity index (χ0v) is 12.8. The molecule has 3 fully saturated rings. The van der Waals surface area contributed by atoms with Crippen LogP contribution in [0, 0.1) is 0 Å². The maximum atomic E-state index is 12.8. The van der Waals surface area contributed by atoms with Gasteiger partial charge in [-0.15, -0.1) is 0 Å². The zero-order valence-electron chi connectivity index (χ0n) is 12.8. The van der Waals surface area contributed by atoms with Gasteiger partial charge in [0.1, 0.15) is 5.82 Å². The highest BCUT2D eigenvalue weighted by atomic mass is 16.5. The molecule has 1 aromatic heterocycles. The second-order valence-corrected chi connectivity index (χ2v) is 6.61. The van der Waals surface area contributed by atoms with Crippen molar-refractivity contribution in [3.05, 3.63) is 23.9 Å². The first-order valence-electron chi connectivity index (χ1n) is 8.46. The second kappa shape index (κ2) is 5.88. The molecule has 0 bridgehead atoms. The van der Waals surface area contributed by atoms with Gasteiger partial charge in [-0.25, -0.2) is 4.98 Å². The molecule has 1 N–H and O–H groups in total. The summed E-state index contributed by atoms with van der Waals surface area (Å²) >= 11 is 0. The average Bonchev–Trinajstić information content (AvgIpc) is 3.38. The van der Waals surface area contributed by atoms with E-state index >= 15 is 0 Å². The maximum absolute atomic E-state index is 12.8. The quantitative estimate of drug-likeness (QED) is 0.931. The number of nitrogens with zero attached hydrogens (tertiary/aromatic N) is 2. The second-order valence-electron chi connectivity index (χ2n) is 6.61. The van der Waals surface area contributed by atoms with E-state index in [9.17, 15) is 4.79 Å². The Morgan fingerprint density at radius 3 is 2.86 bits per heavy atom. The van der Waals surface area contributed by atoms with E-state index in [0.717, 1.165) is 18.7 Å². The van der Waals surface area contributed by atoms with Crippen molar-refractivity contribution in [2.24, 2.45) is 0 Å². The molecule has 1 saturated heterocycles. The fourth-order valence-corrected chi connectivity index (χ4v) is 3.56. The number of anilines is 1. The van der Waals surface area contributed by atoms with Gasteiger partial charge in [-0.1, -0.05) is 12.8 Å². The Bertz CT molecular complexity index is 539. The molecule has 0 aromatic carbocycles. The van der Waals surface area contributed by atoms with E-state index in [2.05, 4.69) is 10.3 Å². The number of rotatable bonds is 3. The molecule has 2 aliphatic carbocycles. The summed E-state index contributed by atoms with van der Waals surface area (Å²) in [7, 11) is 0. The summed E-state index contributed by atoms with van der Waals surface area (Å²) in [4.78, 5) is 19.2. The molecule has 3 aliphatic rings. The van der Waals surface area contributed by atoms with Crippen LogP contribution in [0.25, 0.3) is 0 Å². The number of fused-ring (bicyclic) bond motifs is 1. The summed E-state index contributed by atoms with van der Waals surface area (Å²) in [6, 6.07) is 4.65. The zero-order chi connectivity index (χ0) is 14.9. The maximum Gasteiger partial charge on any atom is 0.255 e. The third-order valence-electron chi connectivity index (χ3n) is 4.93. The largest absolute Gasteiger partial charge is 0.374 e. The van der Waals surface area contributed by atoms with Crippen LogP contribution in [-0.4, -0.2) is 47.1 Å². The number of aromatic nitrogens is 1. The lowest BCUT2D eigenvalue weighted by Crippen LogP contribution is -2.54. The van der Waals surface area contributed by atoms with Crippen molar-refractivity contribution in [2.75, 3.05) is 18.5 Å². The fraction of sp³-hybridized carbons (Fsp3) is 0.647. The third kappa shape index (κ3) is 2.82. The molecule has 2 atom stereocenters. The highest BCUT2D eigenvalue weighted by Gasteiger charge is 2.37. The predicted molar refractivity (Wildman–Crippen MR) is 83.9 cm³/mol. The van der Waals surface area contributed by atoms with Gasteiger partial charge in [-0.2, -0.15) is 0 Å². The standard InChI is InChI=1S/C17H23N3O2/c21-17(12-5-8-16(18-11-12)19-13-6-7-13)20-9-10-22-15-4-2-1-3-14(15)20/h5,8,11,13-15H,1-4,6-7,9-10H2,(H,18,19)/t14-,15+/m0/s1. The van der Waals surface area contributed by atoms with Gasteiger partial charge >= 0.3 is 0 Å². The molecule has 2 saturated carbocycles. The Balaban J connectivity index is 1.47. The molecule has 1 amide bonds. The van der Waals surface area contributed by atoms with Gasteiger partial charge in [-0.3, -0.25) is 4.79 Å². The average molecular weight is 301 g/mol. The number of hydrogen-bond donors (Lipinski definition) is 1. The normalized spacial score (nSPS) is 28.1. The summed E-state index contributed by atoms with van der Waals surface area (Å²) in [5.74, 6) is 0.974. The minimum atomic E-state index is 0.102. The monoisotopic (exact) mass is 301 g/mol. The van der Waals surface area contributed by atoms with E-state index in [1.807, 2.05) is 17.0 Å². The Kier molecular flexibility index (Phi) is 3.74. The van der Waals surface area contributed by atoms with Crippen molar-refractivity contribution in [1.82, 2.24) is 9.88 Å². The van der Waals surface area contributed by atoms with Crippen LogP contribution < -0.4 is 5.32 Å². The van der Waals surface area contributed by atoms with Crippen LogP contribution in [-0.2, 0) is 4.74 Å². The number of pyridine rings is 1. The van der Waals surface area contributed by atoms with E-state index in [1.54, 1.807) is 6.20 Å². The Labute approximate surface area is 131 Å². The number of hydrogen-bond acceptors (Lipinski definition) is 4. The molecule has 0 spiro atoms. The minimum Gasteiger partial charge on any atom is -0.374 e. The van der Waals surface area contributed by atoms with E-state index in [1.165, 1.54) is 25.7 Å². The lowest BCUT2D eigenvalue weighted by atomic mass is 9.90. The SMILES string of the molecule is O=C(c1ccc(NC2CC2)nc1)N1CCO[C@@H]2CCCC[C@@H]21. The van der Waals surface area contributed by atoms with E-state index < -0.39 is 0 Å². The molecule has 4 rings (SSSR count). The van der Waals surface area contributed by atoms with Gasteiger partial charge in [0, 0.05) is 18.8 Å². The summed E-state index contributed by atoms with van der Waals surface area (Å²) < 4.78 is 5.85. The molecule has 5 heteroatoms. The first-order chi connectivity index (χ1) is 10.8. The smallest absolute Gasteiger partial charge is 0.255 e. The first kappa shape index (κ1) is 14.0. The summed E-state index contributed by atoms with van der Waals surface area (Å²) in [6.07, 6.45) is 8.93. The molecule has 22 heavy (non-hydrogen) atoms. The number of morpholine rings is 1. The third-order valence-corrected chi connectivity index (χ3v) is 4.93. The highest BCUT2D eigenvalue weighted by Crippen LogP contribution is 2.29. The van der Waals surface area contributed by atoms with Crippen LogP contribution in [0.4, 0.5) is 5.82 Å². The number of ether oxygens (including phenoxy) is 1. The summed E-state index contributed by atoms with van der Waals surface area (Å²) in [5, 5.41) is 3.35. The first-order valence-corrected chi connectivity index (χ1v) is 8.46. The Morgan fingerprint density at radius 2 is 2.09 bits per heavy atom. The van der Waals surface area contributed by atoms with Gasteiger partial charge in [0.2, 0.25) is 0 Å². The van der Waals surface area contributed by atoms with Crippen molar-refractivity contribution in [2.45, 2.75) is 56.7 Å². The molecule has 0 radical (unpaired) electrons. The van der Waals surface area contributed by atoms with Crippen LogP contribution in [0.2, 0.25) is 0 Å². The van der Waals surface area contributed by atoms with E-state index in [0.29, 0.717) is 24.8 Å². The van der Waals surface area contributed by atoms with Crippen LogP contribution in [0.3, 0.4) is 0 Å². The van der Waals surface area contributed by atoms with Gasteiger partial charge in [0.15, 0.2) is 0 Å². The lowest BCUT2D eigenvalue weighted by molar-refractivity contribution is -0.0752. The molecule has 1 aliphatic heterocycles. The topological polar surface area (TPSA) is 54.5 Å². The molecule has 118 valence electrons. The van der Waals surface area contributed by atoms with Gasteiger partial charge in [0.05, 0.1) is 24.3 Å². The van der Waals surface area contributed by atoms with Gasteiger partial charge < -0.3 is 15.0 Å². The Hall–Kier alpha value is -1.62. The summed E-state index contributed by atoms with van der Waals surface area (Å²) in [6.45, 7) is 1.35. The lowest BCUT2D eigenvalue weighted by Gasteiger charge is -2.43. The number of nitrogens with one attached hydrogen (secondary N) is 1. The Morgan fingerprint density at radius 1 is 1.23 bits per heavy atom.